The van der Waals surface area contributed by atoms with Crippen molar-refractivity contribution in [3.8, 4) is 5.75 Å². The Morgan fingerprint density at radius 2 is 1.88 bits per heavy atom. The summed E-state index contributed by atoms with van der Waals surface area (Å²) in [7, 11) is 1.76. The highest BCUT2D eigenvalue weighted by atomic mass is 16.3. The molecule has 0 heterocycles. The third kappa shape index (κ3) is 3.57. The number of anilines is 1. The van der Waals surface area contributed by atoms with Crippen LogP contribution in [-0.4, -0.2) is 18.1 Å². The summed E-state index contributed by atoms with van der Waals surface area (Å²) in [4.78, 5) is 13.4. The predicted molar refractivity (Wildman–Crippen MR) is 65.6 cm³/mol. The maximum atomic E-state index is 11.8. The molecule has 0 fully saturated rings. The van der Waals surface area contributed by atoms with Crippen molar-refractivity contribution in [3.05, 3.63) is 24.3 Å². The number of hydrogen-bond acceptors (Lipinski definition) is 2. The van der Waals surface area contributed by atoms with Crippen LogP contribution in [0.25, 0.3) is 0 Å². The van der Waals surface area contributed by atoms with E-state index in [2.05, 4.69) is 13.8 Å². The largest absolute Gasteiger partial charge is 0.508 e. The summed E-state index contributed by atoms with van der Waals surface area (Å²) in [5.41, 5.74) is 0.812. The van der Waals surface area contributed by atoms with Crippen molar-refractivity contribution >= 4 is 11.6 Å². The van der Waals surface area contributed by atoms with Gasteiger partial charge in [0.05, 0.1) is 0 Å². The van der Waals surface area contributed by atoms with Gasteiger partial charge in [0.25, 0.3) is 0 Å². The summed E-state index contributed by atoms with van der Waals surface area (Å²) in [6, 6.07) is 6.65. The van der Waals surface area contributed by atoms with Crippen LogP contribution in [0.5, 0.6) is 5.75 Å². The Morgan fingerprint density at radius 3 is 2.38 bits per heavy atom. The van der Waals surface area contributed by atoms with E-state index in [9.17, 15) is 4.79 Å². The minimum absolute atomic E-state index is 0.111. The summed E-state index contributed by atoms with van der Waals surface area (Å²) < 4.78 is 0. The van der Waals surface area contributed by atoms with Gasteiger partial charge in [-0.1, -0.05) is 13.8 Å². The fourth-order valence-corrected chi connectivity index (χ4v) is 1.40. The van der Waals surface area contributed by atoms with Crippen molar-refractivity contribution in [2.24, 2.45) is 5.92 Å². The van der Waals surface area contributed by atoms with Gasteiger partial charge >= 0.3 is 0 Å². The molecular formula is C13H19NO2. The molecule has 1 aromatic rings. The molecule has 0 bridgehead atoms. The lowest BCUT2D eigenvalue weighted by Crippen LogP contribution is -2.26. The Kier molecular flexibility index (Phi) is 4.35. The Morgan fingerprint density at radius 1 is 1.31 bits per heavy atom. The number of amides is 1. The van der Waals surface area contributed by atoms with Gasteiger partial charge in [-0.05, 0) is 36.6 Å². The molecule has 0 saturated heterocycles. The van der Waals surface area contributed by atoms with E-state index < -0.39 is 0 Å². The van der Waals surface area contributed by atoms with Gasteiger partial charge in [-0.25, -0.2) is 0 Å². The molecule has 0 aliphatic carbocycles. The second kappa shape index (κ2) is 5.54. The molecule has 0 radical (unpaired) electrons. The van der Waals surface area contributed by atoms with Crippen LogP contribution in [0.2, 0.25) is 0 Å². The van der Waals surface area contributed by atoms with Gasteiger partial charge in [-0.15, -0.1) is 0 Å². The highest BCUT2D eigenvalue weighted by Gasteiger charge is 2.11. The lowest BCUT2D eigenvalue weighted by molar-refractivity contribution is -0.118. The van der Waals surface area contributed by atoms with Crippen molar-refractivity contribution in [2.45, 2.75) is 26.7 Å². The zero-order valence-electron chi connectivity index (χ0n) is 10.1. The van der Waals surface area contributed by atoms with Crippen LogP contribution >= 0.6 is 0 Å². The maximum Gasteiger partial charge on any atom is 0.226 e. The van der Waals surface area contributed by atoms with Crippen molar-refractivity contribution in [3.63, 3.8) is 0 Å². The SMILES string of the molecule is CC(C)CCC(=O)N(C)c1ccc(O)cc1. The third-order valence-corrected chi connectivity index (χ3v) is 2.55. The van der Waals surface area contributed by atoms with Crippen molar-refractivity contribution < 1.29 is 9.90 Å². The predicted octanol–water partition coefficient (Wildman–Crippen LogP) is 2.79. The molecule has 1 amide bonds. The van der Waals surface area contributed by atoms with Crippen LogP contribution in [0.3, 0.4) is 0 Å². The van der Waals surface area contributed by atoms with Crippen molar-refractivity contribution in [1.82, 2.24) is 0 Å². The van der Waals surface area contributed by atoms with Crippen molar-refractivity contribution in [2.75, 3.05) is 11.9 Å². The molecule has 3 heteroatoms. The fourth-order valence-electron chi connectivity index (χ4n) is 1.40. The average molecular weight is 221 g/mol. The minimum atomic E-state index is 0.111. The van der Waals surface area contributed by atoms with Crippen LogP contribution in [0.4, 0.5) is 5.69 Å². The highest BCUT2D eigenvalue weighted by Crippen LogP contribution is 2.18. The van der Waals surface area contributed by atoms with Gasteiger partial charge in [-0.2, -0.15) is 0 Å². The van der Waals surface area contributed by atoms with Crippen LogP contribution in [0.15, 0.2) is 24.3 Å². The summed E-state index contributed by atoms with van der Waals surface area (Å²) in [6.07, 6.45) is 1.47. The van der Waals surface area contributed by atoms with Gasteiger partial charge in [0.2, 0.25) is 5.91 Å². The van der Waals surface area contributed by atoms with E-state index in [4.69, 9.17) is 5.11 Å². The Balaban J connectivity index is 2.59. The lowest BCUT2D eigenvalue weighted by atomic mass is 10.1. The number of nitrogens with zero attached hydrogens (tertiary/aromatic N) is 1. The molecule has 1 rings (SSSR count). The molecule has 1 N–H and O–H groups in total. The monoisotopic (exact) mass is 221 g/mol. The Bertz CT molecular complexity index is 343. The van der Waals surface area contributed by atoms with E-state index in [1.807, 2.05) is 0 Å². The molecule has 0 aromatic heterocycles. The Hall–Kier alpha value is -1.51. The van der Waals surface area contributed by atoms with Gasteiger partial charge in [0.1, 0.15) is 5.75 Å². The second-order valence-corrected chi connectivity index (χ2v) is 4.40. The number of hydrogen-bond donors (Lipinski definition) is 1. The second-order valence-electron chi connectivity index (χ2n) is 4.40. The summed E-state index contributed by atoms with van der Waals surface area (Å²) in [6.45, 7) is 4.21. The highest BCUT2D eigenvalue weighted by molar-refractivity contribution is 5.92. The molecular weight excluding hydrogens is 202 g/mol. The van der Waals surface area contributed by atoms with E-state index in [1.165, 1.54) is 0 Å². The number of aromatic hydroxyl groups is 1. The van der Waals surface area contributed by atoms with Crippen LogP contribution in [-0.2, 0) is 4.79 Å². The van der Waals surface area contributed by atoms with E-state index in [-0.39, 0.29) is 11.7 Å². The number of phenolic OH excluding ortho intramolecular Hbond substituents is 1. The summed E-state index contributed by atoms with van der Waals surface area (Å²) >= 11 is 0. The zero-order chi connectivity index (χ0) is 12.1. The first-order valence-electron chi connectivity index (χ1n) is 5.56. The molecule has 88 valence electrons. The first-order valence-corrected chi connectivity index (χ1v) is 5.56. The van der Waals surface area contributed by atoms with Crippen LogP contribution < -0.4 is 4.90 Å². The Labute approximate surface area is 96.7 Å². The first kappa shape index (κ1) is 12.6. The maximum absolute atomic E-state index is 11.8. The van der Waals surface area contributed by atoms with Crippen LogP contribution in [0, 0.1) is 5.92 Å². The van der Waals surface area contributed by atoms with Gasteiger partial charge < -0.3 is 10.0 Å². The van der Waals surface area contributed by atoms with Gasteiger partial charge in [-0.3, -0.25) is 4.79 Å². The number of phenols is 1. The number of benzene rings is 1. The van der Waals surface area contributed by atoms with Crippen molar-refractivity contribution in [1.29, 1.82) is 0 Å². The molecule has 16 heavy (non-hydrogen) atoms. The van der Waals surface area contributed by atoms with E-state index in [1.54, 1.807) is 36.2 Å². The van der Waals surface area contributed by atoms with E-state index in [0.717, 1.165) is 12.1 Å². The smallest absolute Gasteiger partial charge is 0.226 e. The molecule has 0 saturated carbocycles. The molecule has 0 atom stereocenters. The van der Waals surface area contributed by atoms with Gasteiger partial charge in [0, 0.05) is 19.2 Å². The average Bonchev–Trinajstić information content (AvgIpc) is 2.26. The van der Waals surface area contributed by atoms with E-state index in [0.29, 0.717) is 12.3 Å². The molecule has 0 aliphatic heterocycles. The molecule has 0 spiro atoms. The topological polar surface area (TPSA) is 40.5 Å². The number of rotatable bonds is 4. The van der Waals surface area contributed by atoms with E-state index >= 15 is 0 Å². The summed E-state index contributed by atoms with van der Waals surface area (Å²) in [5, 5.41) is 9.15. The zero-order valence-corrected chi connectivity index (χ0v) is 10.1. The quantitative estimate of drug-likeness (QED) is 0.849. The molecule has 0 aliphatic rings. The third-order valence-electron chi connectivity index (χ3n) is 2.55. The summed E-state index contributed by atoms with van der Waals surface area (Å²) in [5.74, 6) is 0.864. The standard InChI is InChI=1S/C13H19NO2/c1-10(2)4-9-13(16)14(3)11-5-7-12(15)8-6-11/h5-8,10,15H,4,9H2,1-3H3. The lowest BCUT2D eigenvalue weighted by Gasteiger charge is -2.17. The van der Waals surface area contributed by atoms with Crippen LogP contribution in [0.1, 0.15) is 26.7 Å². The number of carbonyl (C=O) groups excluding carboxylic acids is 1. The molecule has 0 unspecified atom stereocenters. The van der Waals surface area contributed by atoms with Gasteiger partial charge in [0.15, 0.2) is 0 Å². The normalized spacial score (nSPS) is 10.5. The minimum Gasteiger partial charge on any atom is -0.508 e. The molecule has 1 aromatic carbocycles. The number of carbonyl (C=O) groups is 1. The first-order chi connectivity index (χ1) is 7.50. The fraction of sp³-hybridized carbons (Fsp3) is 0.462. The molecule has 3 nitrogen and oxygen atoms in total.